The van der Waals surface area contributed by atoms with Crippen LogP contribution in [0.3, 0.4) is 0 Å². The second-order valence-electron chi connectivity index (χ2n) is 5.20. The van der Waals surface area contributed by atoms with Crippen molar-refractivity contribution in [2.75, 3.05) is 19.7 Å². The predicted molar refractivity (Wildman–Crippen MR) is 79.1 cm³/mol. The number of hydrogen-bond donors (Lipinski definition) is 1. The Morgan fingerprint density at radius 1 is 1.62 bits per heavy atom. The highest BCUT2D eigenvalue weighted by molar-refractivity contribution is 7.08. The summed E-state index contributed by atoms with van der Waals surface area (Å²) in [5, 5.41) is 11.0. The number of amides is 1. The summed E-state index contributed by atoms with van der Waals surface area (Å²) >= 11 is 1.61. The third kappa shape index (κ3) is 2.98. The molecule has 1 saturated heterocycles. The average Bonchev–Trinajstić information content (AvgIpc) is 3.17. The first-order valence-electron chi connectivity index (χ1n) is 6.96. The van der Waals surface area contributed by atoms with Crippen molar-refractivity contribution in [3.05, 3.63) is 34.0 Å². The molecule has 2 atom stereocenters. The second-order valence-corrected chi connectivity index (χ2v) is 5.98. The van der Waals surface area contributed by atoms with Gasteiger partial charge in [-0.25, -0.2) is 4.98 Å². The van der Waals surface area contributed by atoms with Gasteiger partial charge in [-0.2, -0.15) is 16.4 Å². The van der Waals surface area contributed by atoms with E-state index in [4.69, 9.17) is 4.74 Å². The monoisotopic (exact) mass is 306 g/mol. The highest BCUT2D eigenvalue weighted by Gasteiger charge is 2.30. The van der Waals surface area contributed by atoms with Crippen molar-refractivity contribution in [2.24, 2.45) is 0 Å². The van der Waals surface area contributed by atoms with Gasteiger partial charge in [0.1, 0.15) is 11.9 Å². The smallest absolute Gasteiger partial charge is 0.230 e. The minimum Gasteiger partial charge on any atom is -0.366 e. The second kappa shape index (κ2) is 5.95. The van der Waals surface area contributed by atoms with Gasteiger partial charge in [0.2, 0.25) is 5.91 Å². The number of H-pyrrole nitrogens is 1. The standard InChI is InChI=1S/C14H18N4O2S/c1-9(11-3-6-21-8-11)14(19)18-4-5-20-12(7-18)13-15-10(2)16-17-13/h3,6,8-9,12H,4-5,7H2,1-2H3,(H,15,16,17). The van der Waals surface area contributed by atoms with E-state index in [9.17, 15) is 4.79 Å². The quantitative estimate of drug-likeness (QED) is 0.940. The number of nitrogens with zero attached hydrogens (tertiary/aromatic N) is 3. The van der Waals surface area contributed by atoms with Crippen molar-refractivity contribution in [3.8, 4) is 0 Å². The number of rotatable bonds is 3. The van der Waals surface area contributed by atoms with Gasteiger partial charge >= 0.3 is 0 Å². The van der Waals surface area contributed by atoms with Crippen molar-refractivity contribution in [2.45, 2.75) is 25.9 Å². The first-order valence-corrected chi connectivity index (χ1v) is 7.91. The Balaban J connectivity index is 1.69. The lowest BCUT2D eigenvalue weighted by atomic mass is 10.0. The van der Waals surface area contributed by atoms with Gasteiger partial charge in [0, 0.05) is 6.54 Å². The topological polar surface area (TPSA) is 71.1 Å². The first-order chi connectivity index (χ1) is 10.1. The van der Waals surface area contributed by atoms with Crippen molar-refractivity contribution in [1.29, 1.82) is 0 Å². The fourth-order valence-corrected chi connectivity index (χ4v) is 3.20. The fraction of sp³-hybridized carbons (Fsp3) is 0.500. The van der Waals surface area contributed by atoms with Crippen molar-refractivity contribution < 1.29 is 9.53 Å². The SMILES string of the molecule is Cc1nc(C2CN(C(=O)C(C)c3ccsc3)CCO2)n[nH]1. The molecule has 1 N–H and O–H groups in total. The molecule has 7 heteroatoms. The number of hydrogen-bond acceptors (Lipinski definition) is 5. The lowest BCUT2D eigenvalue weighted by Crippen LogP contribution is -2.44. The molecule has 0 spiro atoms. The van der Waals surface area contributed by atoms with Crippen molar-refractivity contribution in [1.82, 2.24) is 20.1 Å². The van der Waals surface area contributed by atoms with Crippen molar-refractivity contribution in [3.63, 3.8) is 0 Å². The fourth-order valence-electron chi connectivity index (χ4n) is 2.45. The number of morpholine rings is 1. The molecule has 0 aromatic carbocycles. The summed E-state index contributed by atoms with van der Waals surface area (Å²) in [6.07, 6.45) is -0.248. The zero-order valence-electron chi connectivity index (χ0n) is 12.1. The molecular weight excluding hydrogens is 288 g/mol. The lowest BCUT2D eigenvalue weighted by Gasteiger charge is -2.33. The number of aromatic nitrogens is 3. The first kappa shape index (κ1) is 14.2. The highest BCUT2D eigenvalue weighted by atomic mass is 32.1. The van der Waals surface area contributed by atoms with Crippen LogP contribution in [-0.4, -0.2) is 45.7 Å². The number of carbonyl (C=O) groups is 1. The minimum absolute atomic E-state index is 0.121. The number of aryl methyl sites for hydroxylation is 1. The van der Waals surface area contributed by atoms with E-state index in [1.807, 2.05) is 35.6 Å². The predicted octanol–water partition coefficient (Wildman–Crippen LogP) is 1.88. The molecule has 1 fully saturated rings. The zero-order chi connectivity index (χ0) is 14.8. The van der Waals surface area contributed by atoms with Crippen LogP contribution >= 0.6 is 11.3 Å². The van der Waals surface area contributed by atoms with Gasteiger partial charge in [0.15, 0.2) is 5.82 Å². The van der Waals surface area contributed by atoms with Crippen molar-refractivity contribution >= 4 is 17.2 Å². The van der Waals surface area contributed by atoms with Gasteiger partial charge in [-0.05, 0) is 36.2 Å². The van der Waals surface area contributed by atoms with Crippen LogP contribution in [-0.2, 0) is 9.53 Å². The minimum atomic E-state index is -0.248. The van der Waals surface area contributed by atoms with Crippen LogP contribution in [0.15, 0.2) is 16.8 Å². The number of ether oxygens (including phenoxy) is 1. The summed E-state index contributed by atoms with van der Waals surface area (Å²) in [6, 6.07) is 2.00. The Hall–Kier alpha value is -1.73. The Kier molecular flexibility index (Phi) is 4.03. The Morgan fingerprint density at radius 3 is 3.14 bits per heavy atom. The molecule has 21 heavy (non-hydrogen) atoms. The van der Waals surface area contributed by atoms with E-state index in [1.165, 1.54) is 0 Å². The summed E-state index contributed by atoms with van der Waals surface area (Å²) in [5.74, 6) is 1.38. The molecule has 0 saturated carbocycles. The number of carbonyl (C=O) groups excluding carboxylic acids is 1. The maximum atomic E-state index is 12.6. The largest absolute Gasteiger partial charge is 0.366 e. The van der Waals surface area contributed by atoms with Crippen LogP contribution in [0.5, 0.6) is 0 Å². The van der Waals surface area contributed by atoms with Gasteiger partial charge in [0.25, 0.3) is 0 Å². The molecule has 1 amide bonds. The van der Waals surface area contributed by atoms with Gasteiger partial charge in [-0.15, -0.1) is 0 Å². The van der Waals surface area contributed by atoms with Crippen LogP contribution in [0.25, 0.3) is 0 Å². The normalized spacial score (nSPS) is 20.5. The maximum Gasteiger partial charge on any atom is 0.230 e. The Bertz CT molecular complexity index is 610. The summed E-state index contributed by atoms with van der Waals surface area (Å²) in [6.45, 7) is 5.44. The lowest BCUT2D eigenvalue weighted by molar-refractivity contribution is -0.140. The van der Waals surface area contributed by atoms with Crippen LogP contribution in [0, 0.1) is 6.92 Å². The third-order valence-electron chi connectivity index (χ3n) is 3.69. The van der Waals surface area contributed by atoms with E-state index in [2.05, 4.69) is 15.2 Å². The molecule has 0 bridgehead atoms. The number of thiophene rings is 1. The van der Waals surface area contributed by atoms with Crippen LogP contribution < -0.4 is 0 Å². The van der Waals surface area contributed by atoms with Gasteiger partial charge < -0.3 is 9.64 Å². The molecule has 0 radical (unpaired) electrons. The van der Waals surface area contributed by atoms with Gasteiger partial charge in [-0.3, -0.25) is 9.89 Å². The van der Waals surface area contributed by atoms with Crippen LogP contribution in [0.1, 0.15) is 36.2 Å². The summed E-state index contributed by atoms with van der Waals surface area (Å²) in [5.41, 5.74) is 1.07. The van der Waals surface area contributed by atoms with E-state index in [-0.39, 0.29) is 17.9 Å². The Morgan fingerprint density at radius 2 is 2.48 bits per heavy atom. The van der Waals surface area contributed by atoms with Gasteiger partial charge in [0.05, 0.1) is 19.1 Å². The summed E-state index contributed by atoms with van der Waals surface area (Å²) < 4.78 is 5.69. The highest BCUT2D eigenvalue weighted by Crippen LogP contribution is 2.25. The van der Waals surface area contributed by atoms with E-state index >= 15 is 0 Å². The molecule has 6 nitrogen and oxygen atoms in total. The molecule has 2 aromatic rings. The summed E-state index contributed by atoms with van der Waals surface area (Å²) in [4.78, 5) is 18.7. The average molecular weight is 306 g/mol. The van der Waals surface area contributed by atoms with E-state index in [1.54, 1.807) is 11.3 Å². The molecule has 0 aliphatic carbocycles. The van der Waals surface area contributed by atoms with E-state index in [0.29, 0.717) is 25.5 Å². The molecule has 1 aliphatic heterocycles. The van der Waals surface area contributed by atoms with E-state index < -0.39 is 0 Å². The molecule has 3 heterocycles. The molecule has 2 unspecified atom stereocenters. The zero-order valence-corrected chi connectivity index (χ0v) is 12.9. The molecule has 1 aliphatic rings. The molecular formula is C14H18N4O2S. The molecule has 2 aromatic heterocycles. The van der Waals surface area contributed by atoms with Crippen LogP contribution in [0.4, 0.5) is 0 Å². The summed E-state index contributed by atoms with van der Waals surface area (Å²) in [7, 11) is 0. The van der Waals surface area contributed by atoms with E-state index in [0.717, 1.165) is 11.4 Å². The number of aromatic amines is 1. The van der Waals surface area contributed by atoms with Crippen LogP contribution in [0.2, 0.25) is 0 Å². The molecule has 112 valence electrons. The third-order valence-corrected chi connectivity index (χ3v) is 4.40. The Labute approximate surface area is 127 Å². The maximum absolute atomic E-state index is 12.6. The number of nitrogens with one attached hydrogen (secondary N) is 1. The van der Waals surface area contributed by atoms with Gasteiger partial charge in [-0.1, -0.05) is 0 Å². The molecule has 3 rings (SSSR count).